The second-order valence-corrected chi connectivity index (χ2v) is 5.13. The minimum absolute atomic E-state index is 0.175. The Morgan fingerprint density at radius 2 is 1.92 bits per heavy atom. The number of nitrogens with zero attached hydrogens (tertiary/aromatic N) is 1. The number of hydrogen-bond donors (Lipinski definition) is 1. The van der Waals surface area contributed by atoms with E-state index in [2.05, 4.69) is 25.7 Å². The fraction of sp³-hybridized carbons (Fsp3) is 1.00. The first-order chi connectivity index (χ1) is 5.39. The second kappa shape index (κ2) is 3.35. The van der Waals surface area contributed by atoms with Crippen molar-refractivity contribution < 1.29 is 5.11 Å². The molecule has 1 saturated heterocycles. The lowest BCUT2D eigenvalue weighted by molar-refractivity contribution is -0.00229. The summed E-state index contributed by atoms with van der Waals surface area (Å²) in [5.74, 6) is 0.816. The Labute approximate surface area is 75.6 Å². The molecule has 2 heteroatoms. The van der Waals surface area contributed by atoms with Crippen molar-refractivity contribution in [1.29, 1.82) is 0 Å². The summed E-state index contributed by atoms with van der Waals surface area (Å²) in [6, 6.07) is 0. The molecule has 0 aromatic heterocycles. The van der Waals surface area contributed by atoms with Crippen LogP contribution in [-0.4, -0.2) is 35.7 Å². The van der Waals surface area contributed by atoms with E-state index in [0.717, 1.165) is 25.6 Å². The fourth-order valence-corrected chi connectivity index (χ4v) is 1.64. The Hall–Kier alpha value is -0.0800. The van der Waals surface area contributed by atoms with E-state index in [1.54, 1.807) is 0 Å². The van der Waals surface area contributed by atoms with E-state index in [1.165, 1.54) is 0 Å². The Morgan fingerprint density at radius 3 is 2.25 bits per heavy atom. The van der Waals surface area contributed by atoms with Gasteiger partial charge < -0.3 is 10.0 Å². The molecule has 0 aromatic carbocycles. The third-order valence-corrected chi connectivity index (χ3v) is 2.70. The molecular formula is C10H21NO. The SMILES string of the molecule is C[C@H](O)CN1CC(C(C)(C)C)C1. The highest BCUT2D eigenvalue weighted by Gasteiger charge is 2.35. The molecule has 1 N–H and O–H groups in total. The van der Waals surface area contributed by atoms with E-state index in [1.807, 2.05) is 6.92 Å². The van der Waals surface area contributed by atoms with Gasteiger partial charge in [-0.15, -0.1) is 0 Å². The Kier molecular flexibility index (Phi) is 2.79. The number of aliphatic hydroxyl groups is 1. The molecule has 12 heavy (non-hydrogen) atoms. The summed E-state index contributed by atoms with van der Waals surface area (Å²) >= 11 is 0. The normalized spacial score (nSPS) is 23.8. The summed E-state index contributed by atoms with van der Waals surface area (Å²) in [4.78, 5) is 2.32. The van der Waals surface area contributed by atoms with E-state index in [4.69, 9.17) is 5.11 Å². The van der Waals surface area contributed by atoms with Gasteiger partial charge in [-0.25, -0.2) is 0 Å². The molecule has 1 aliphatic rings. The second-order valence-electron chi connectivity index (χ2n) is 5.13. The summed E-state index contributed by atoms with van der Waals surface area (Å²) in [7, 11) is 0. The average molecular weight is 171 g/mol. The summed E-state index contributed by atoms with van der Waals surface area (Å²) in [6.45, 7) is 11.9. The maximum absolute atomic E-state index is 9.14. The Morgan fingerprint density at radius 1 is 1.42 bits per heavy atom. The number of rotatable bonds is 2. The van der Waals surface area contributed by atoms with Gasteiger partial charge in [0.2, 0.25) is 0 Å². The molecule has 0 bridgehead atoms. The minimum Gasteiger partial charge on any atom is -0.392 e. The van der Waals surface area contributed by atoms with Crippen molar-refractivity contribution in [1.82, 2.24) is 4.90 Å². The highest BCUT2D eigenvalue weighted by molar-refractivity contribution is 4.88. The summed E-state index contributed by atoms with van der Waals surface area (Å²) in [6.07, 6.45) is -0.175. The third kappa shape index (κ3) is 2.46. The van der Waals surface area contributed by atoms with Crippen molar-refractivity contribution >= 4 is 0 Å². The standard InChI is InChI=1S/C10H21NO/c1-8(12)5-11-6-9(7-11)10(2,3)4/h8-9,12H,5-7H2,1-4H3/t8-/m0/s1. The third-order valence-electron chi connectivity index (χ3n) is 2.70. The molecule has 0 spiro atoms. The molecule has 0 aromatic rings. The zero-order chi connectivity index (χ0) is 9.35. The first-order valence-corrected chi connectivity index (χ1v) is 4.80. The zero-order valence-corrected chi connectivity index (χ0v) is 8.67. The Balaban J connectivity index is 2.20. The van der Waals surface area contributed by atoms with Gasteiger partial charge in [-0.05, 0) is 18.3 Å². The number of aliphatic hydroxyl groups excluding tert-OH is 1. The molecule has 1 atom stereocenters. The van der Waals surface area contributed by atoms with Gasteiger partial charge in [0.1, 0.15) is 0 Å². The number of likely N-dealkylation sites (tertiary alicyclic amines) is 1. The predicted octanol–water partition coefficient (Wildman–Crippen LogP) is 1.35. The smallest absolute Gasteiger partial charge is 0.0639 e. The number of hydrogen-bond acceptors (Lipinski definition) is 2. The highest BCUT2D eigenvalue weighted by atomic mass is 16.3. The van der Waals surface area contributed by atoms with Crippen LogP contribution in [0.4, 0.5) is 0 Å². The molecule has 2 nitrogen and oxygen atoms in total. The van der Waals surface area contributed by atoms with E-state index >= 15 is 0 Å². The zero-order valence-electron chi connectivity index (χ0n) is 8.67. The lowest BCUT2D eigenvalue weighted by Gasteiger charge is -2.46. The van der Waals surface area contributed by atoms with E-state index in [9.17, 15) is 0 Å². The van der Waals surface area contributed by atoms with Gasteiger partial charge in [0.15, 0.2) is 0 Å². The fourth-order valence-electron chi connectivity index (χ4n) is 1.64. The van der Waals surface area contributed by atoms with Crippen LogP contribution >= 0.6 is 0 Å². The molecule has 72 valence electrons. The van der Waals surface area contributed by atoms with Gasteiger partial charge in [-0.2, -0.15) is 0 Å². The lowest BCUT2D eigenvalue weighted by Crippen LogP contribution is -2.53. The lowest BCUT2D eigenvalue weighted by atomic mass is 9.76. The van der Waals surface area contributed by atoms with Crippen LogP contribution in [0.2, 0.25) is 0 Å². The molecule has 1 fully saturated rings. The van der Waals surface area contributed by atoms with Gasteiger partial charge in [0.25, 0.3) is 0 Å². The number of β-amino-alcohol motifs (C(OH)–C–C–N with tert-alkyl or cyclic N) is 1. The van der Waals surface area contributed by atoms with E-state index < -0.39 is 0 Å². The van der Waals surface area contributed by atoms with Gasteiger partial charge in [-0.3, -0.25) is 0 Å². The van der Waals surface area contributed by atoms with Crippen LogP contribution in [0.5, 0.6) is 0 Å². The van der Waals surface area contributed by atoms with Crippen molar-refractivity contribution in [2.75, 3.05) is 19.6 Å². The average Bonchev–Trinajstić information content (AvgIpc) is 1.73. The van der Waals surface area contributed by atoms with Crippen LogP contribution in [0.25, 0.3) is 0 Å². The maximum Gasteiger partial charge on any atom is 0.0639 e. The molecule has 1 aliphatic heterocycles. The summed E-state index contributed by atoms with van der Waals surface area (Å²) in [5.41, 5.74) is 0.440. The van der Waals surface area contributed by atoms with E-state index in [-0.39, 0.29) is 6.10 Å². The van der Waals surface area contributed by atoms with Gasteiger partial charge in [-0.1, -0.05) is 20.8 Å². The van der Waals surface area contributed by atoms with Crippen LogP contribution in [0.3, 0.4) is 0 Å². The Bertz CT molecular complexity index is 142. The monoisotopic (exact) mass is 171 g/mol. The molecule has 0 radical (unpaired) electrons. The van der Waals surface area contributed by atoms with Gasteiger partial charge in [0, 0.05) is 19.6 Å². The summed E-state index contributed by atoms with van der Waals surface area (Å²) in [5, 5.41) is 9.14. The van der Waals surface area contributed by atoms with Crippen LogP contribution in [0.15, 0.2) is 0 Å². The van der Waals surface area contributed by atoms with Crippen LogP contribution in [0, 0.1) is 11.3 Å². The van der Waals surface area contributed by atoms with Crippen molar-refractivity contribution in [2.24, 2.45) is 11.3 Å². The molecule has 1 heterocycles. The molecule has 1 rings (SSSR count). The van der Waals surface area contributed by atoms with Crippen molar-refractivity contribution in [3.63, 3.8) is 0 Å². The first kappa shape index (κ1) is 10.0. The van der Waals surface area contributed by atoms with Crippen molar-refractivity contribution in [3.05, 3.63) is 0 Å². The maximum atomic E-state index is 9.14. The highest BCUT2D eigenvalue weighted by Crippen LogP contribution is 2.33. The molecule has 0 amide bonds. The van der Waals surface area contributed by atoms with Crippen molar-refractivity contribution in [2.45, 2.75) is 33.8 Å². The molecule has 0 saturated carbocycles. The van der Waals surface area contributed by atoms with E-state index in [0.29, 0.717) is 5.41 Å². The van der Waals surface area contributed by atoms with Gasteiger partial charge >= 0.3 is 0 Å². The molecular weight excluding hydrogens is 150 g/mol. The topological polar surface area (TPSA) is 23.5 Å². The molecule has 0 unspecified atom stereocenters. The summed E-state index contributed by atoms with van der Waals surface area (Å²) < 4.78 is 0. The van der Waals surface area contributed by atoms with Crippen LogP contribution < -0.4 is 0 Å². The van der Waals surface area contributed by atoms with Crippen molar-refractivity contribution in [3.8, 4) is 0 Å². The first-order valence-electron chi connectivity index (χ1n) is 4.80. The molecule has 0 aliphatic carbocycles. The van der Waals surface area contributed by atoms with Gasteiger partial charge in [0.05, 0.1) is 6.10 Å². The van der Waals surface area contributed by atoms with Crippen LogP contribution in [0.1, 0.15) is 27.7 Å². The largest absolute Gasteiger partial charge is 0.392 e. The predicted molar refractivity (Wildman–Crippen MR) is 51.1 cm³/mol. The minimum atomic E-state index is -0.175. The quantitative estimate of drug-likeness (QED) is 0.678. The van der Waals surface area contributed by atoms with Crippen LogP contribution in [-0.2, 0) is 0 Å².